The van der Waals surface area contributed by atoms with Gasteiger partial charge in [-0.3, -0.25) is 0 Å². The number of nitrogens with zero attached hydrogens (tertiary/aromatic N) is 2. The molecule has 0 spiro atoms. The van der Waals surface area contributed by atoms with Crippen LogP contribution in [0.5, 0.6) is 0 Å². The van der Waals surface area contributed by atoms with Crippen molar-refractivity contribution in [3.05, 3.63) is 102 Å². The third-order valence-electron chi connectivity index (χ3n) is 5.46. The van der Waals surface area contributed by atoms with Crippen LogP contribution in [0.4, 0.5) is 4.79 Å². The first kappa shape index (κ1) is 21.6. The number of carbonyl (C=O) groups excluding carboxylic acids is 1. The molecule has 0 fully saturated rings. The van der Waals surface area contributed by atoms with Gasteiger partial charge in [-0.25, -0.2) is 9.78 Å². The van der Waals surface area contributed by atoms with Gasteiger partial charge in [0.05, 0.1) is 23.5 Å². The lowest BCUT2D eigenvalue weighted by atomic mass is 10.0. The van der Waals surface area contributed by atoms with E-state index in [0.29, 0.717) is 13.0 Å². The predicted molar refractivity (Wildman–Crippen MR) is 126 cm³/mol. The van der Waals surface area contributed by atoms with Gasteiger partial charge in [-0.05, 0) is 42.2 Å². The molecule has 0 aliphatic carbocycles. The molecule has 1 heterocycles. The number of imidazole rings is 1. The number of urea groups is 1. The Labute approximate surface area is 187 Å². The van der Waals surface area contributed by atoms with Crippen molar-refractivity contribution in [3.8, 4) is 0 Å². The summed E-state index contributed by atoms with van der Waals surface area (Å²) in [5.41, 5.74) is 5.10. The van der Waals surface area contributed by atoms with Crippen molar-refractivity contribution >= 4 is 17.1 Å². The Morgan fingerprint density at radius 1 is 1.00 bits per heavy atom. The second kappa shape index (κ2) is 10.1. The molecule has 4 aromatic rings. The maximum absolute atomic E-state index is 12.3. The molecule has 0 aliphatic heterocycles. The van der Waals surface area contributed by atoms with E-state index in [4.69, 9.17) is 0 Å². The topological polar surface area (TPSA) is 79.2 Å². The van der Waals surface area contributed by atoms with Gasteiger partial charge in [-0.15, -0.1) is 0 Å². The van der Waals surface area contributed by atoms with E-state index in [-0.39, 0.29) is 12.1 Å². The highest BCUT2D eigenvalue weighted by Crippen LogP contribution is 2.18. The quantitative estimate of drug-likeness (QED) is 0.389. The second-order valence-corrected chi connectivity index (χ2v) is 8.07. The van der Waals surface area contributed by atoms with Crippen molar-refractivity contribution in [2.45, 2.75) is 38.6 Å². The minimum Gasteiger partial charge on any atom is -0.388 e. The summed E-state index contributed by atoms with van der Waals surface area (Å²) in [5, 5.41) is 16.1. The lowest BCUT2D eigenvalue weighted by Crippen LogP contribution is -2.41. The van der Waals surface area contributed by atoms with Crippen molar-refractivity contribution < 1.29 is 9.90 Å². The fourth-order valence-electron chi connectivity index (χ4n) is 3.83. The van der Waals surface area contributed by atoms with Gasteiger partial charge in [0.25, 0.3) is 0 Å². The number of hydrogen-bond donors (Lipinski definition) is 3. The molecule has 1 aromatic heterocycles. The number of carbonyl (C=O) groups is 1. The molecule has 2 unspecified atom stereocenters. The minimum atomic E-state index is -0.609. The Hall–Kier alpha value is -3.64. The molecule has 164 valence electrons. The zero-order chi connectivity index (χ0) is 22.3. The Bertz CT molecular complexity index is 1170. The van der Waals surface area contributed by atoms with Crippen LogP contribution in [-0.2, 0) is 13.1 Å². The largest absolute Gasteiger partial charge is 0.388 e. The Morgan fingerprint density at radius 2 is 1.75 bits per heavy atom. The van der Waals surface area contributed by atoms with E-state index in [1.807, 2.05) is 73.9 Å². The van der Waals surface area contributed by atoms with Gasteiger partial charge in [0.1, 0.15) is 0 Å². The SMILES string of the molecule is CC(CC(O)c1ccccc1)NC(=O)NCc1cccc(Cn2cnc3ccccc32)c1. The van der Waals surface area contributed by atoms with Crippen LogP contribution in [0.1, 0.15) is 36.1 Å². The zero-order valence-electron chi connectivity index (χ0n) is 18.1. The number of hydrogen-bond acceptors (Lipinski definition) is 3. The number of rotatable bonds is 8. The molecule has 0 aliphatic rings. The predicted octanol–water partition coefficient (Wildman–Crippen LogP) is 4.40. The fourth-order valence-corrected chi connectivity index (χ4v) is 3.83. The molecule has 3 aromatic carbocycles. The van der Waals surface area contributed by atoms with E-state index in [1.165, 1.54) is 0 Å². The third kappa shape index (κ3) is 5.53. The number of benzene rings is 3. The van der Waals surface area contributed by atoms with Crippen LogP contribution in [0.2, 0.25) is 0 Å². The van der Waals surface area contributed by atoms with E-state index in [0.717, 1.165) is 34.3 Å². The summed E-state index contributed by atoms with van der Waals surface area (Å²) < 4.78 is 2.12. The summed E-state index contributed by atoms with van der Waals surface area (Å²) in [6.07, 6.45) is 1.70. The van der Waals surface area contributed by atoms with Crippen molar-refractivity contribution in [2.24, 2.45) is 0 Å². The average molecular weight is 429 g/mol. The lowest BCUT2D eigenvalue weighted by Gasteiger charge is -2.18. The van der Waals surface area contributed by atoms with E-state index in [1.54, 1.807) is 0 Å². The summed E-state index contributed by atoms with van der Waals surface area (Å²) in [4.78, 5) is 16.8. The maximum atomic E-state index is 12.3. The minimum absolute atomic E-state index is 0.161. The normalized spacial score (nSPS) is 12.9. The van der Waals surface area contributed by atoms with E-state index in [9.17, 15) is 9.90 Å². The lowest BCUT2D eigenvalue weighted by molar-refractivity contribution is 0.154. The van der Waals surface area contributed by atoms with Gasteiger partial charge in [0, 0.05) is 19.1 Å². The first-order chi connectivity index (χ1) is 15.6. The molecule has 6 nitrogen and oxygen atoms in total. The van der Waals surface area contributed by atoms with Crippen molar-refractivity contribution in [3.63, 3.8) is 0 Å². The highest BCUT2D eigenvalue weighted by Gasteiger charge is 2.14. The number of aliphatic hydroxyl groups excluding tert-OH is 1. The third-order valence-corrected chi connectivity index (χ3v) is 5.46. The van der Waals surface area contributed by atoms with Crippen LogP contribution in [0.25, 0.3) is 11.0 Å². The fraction of sp³-hybridized carbons (Fsp3) is 0.231. The Balaban J connectivity index is 1.28. The van der Waals surface area contributed by atoms with E-state index in [2.05, 4.69) is 38.4 Å². The number of fused-ring (bicyclic) bond motifs is 1. The molecular formula is C26H28N4O2. The van der Waals surface area contributed by atoms with E-state index >= 15 is 0 Å². The van der Waals surface area contributed by atoms with Gasteiger partial charge in [0.15, 0.2) is 0 Å². The summed E-state index contributed by atoms with van der Waals surface area (Å²) in [6, 6.07) is 25.3. The van der Waals surface area contributed by atoms with Gasteiger partial charge in [-0.1, -0.05) is 66.7 Å². The van der Waals surface area contributed by atoms with Crippen LogP contribution >= 0.6 is 0 Å². The van der Waals surface area contributed by atoms with Crippen LogP contribution in [0, 0.1) is 0 Å². The molecule has 0 saturated carbocycles. The molecule has 0 radical (unpaired) electrons. The zero-order valence-corrected chi connectivity index (χ0v) is 18.1. The Morgan fingerprint density at radius 3 is 2.59 bits per heavy atom. The van der Waals surface area contributed by atoms with Crippen LogP contribution in [0.3, 0.4) is 0 Å². The van der Waals surface area contributed by atoms with Crippen LogP contribution < -0.4 is 10.6 Å². The maximum Gasteiger partial charge on any atom is 0.315 e. The standard InChI is InChI=1S/C26H28N4O2/c1-19(14-25(31)22-10-3-2-4-11-22)29-26(32)27-16-20-8-7-9-21(15-20)17-30-18-28-23-12-5-6-13-24(23)30/h2-13,15,18-19,25,31H,14,16-17H2,1H3,(H2,27,29,32). The number of amides is 2. The Kier molecular flexibility index (Phi) is 6.82. The monoisotopic (exact) mass is 428 g/mol. The molecule has 4 rings (SSSR count). The van der Waals surface area contributed by atoms with Crippen molar-refractivity contribution in [2.75, 3.05) is 0 Å². The highest BCUT2D eigenvalue weighted by atomic mass is 16.3. The summed E-state index contributed by atoms with van der Waals surface area (Å²) in [6.45, 7) is 3.04. The van der Waals surface area contributed by atoms with Gasteiger partial charge in [-0.2, -0.15) is 0 Å². The van der Waals surface area contributed by atoms with Crippen LogP contribution in [-0.4, -0.2) is 26.7 Å². The van der Waals surface area contributed by atoms with Crippen LogP contribution in [0.15, 0.2) is 85.2 Å². The second-order valence-electron chi connectivity index (χ2n) is 8.07. The summed E-state index contributed by atoms with van der Waals surface area (Å²) >= 11 is 0. The molecule has 0 saturated heterocycles. The first-order valence-corrected chi connectivity index (χ1v) is 10.8. The molecule has 3 N–H and O–H groups in total. The van der Waals surface area contributed by atoms with Gasteiger partial charge >= 0.3 is 6.03 Å². The smallest absolute Gasteiger partial charge is 0.315 e. The van der Waals surface area contributed by atoms with Gasteiger partial charge in [0.2, 0.25) is 0 Å². The number of para-hydroxylation sites is 2. The molecule has 2 atom stereocenters. The first-order valence-electron chi connectivity index (χ1n) is 10.8. The average Bonchev–Trinajstić information content (AvgIpc) is 3.21. The highest BCUT2D eigenvalue weighted by molar-refractivity contribution is 5.75. The summed E-state index contributed by atoms with van der Waals surface area (Å²) in [5.74, 6) is 0. The molecule has 0 bridgehead atoms. The number of aliphatic hydroxyl groups is 1. The summed E-state index contributed by atoms with van der Waals surface area (Å²) in [7, 11) is 0. The molecule has 6 heteroatoms. The number of aromatic nitrogens is 2. The molecule has 2 amide bonds. The molecule has 32 heavy (non-hydrogen) atoms. The van der Waals surface area contributed by atoms with E-state index < -0.39 is 6.10 Å². The number of nitrogens with one attached hydrogen (secondary N) is 2. The van der Waals surface area contributed by atoms with Crippen molar-refractivity contribution in [1.29, 1.82) is 0 Å². The van der Waals surface area contributed by atoms with Crippen molar-refractivity contribution in [1.82, 2.24) is 20.2 Å². The molecular weight excluding hydrogens is 400 g/mol. The van der Waals surface area contributed by atoms with Gasteiger partial charge < -0.3 is 20.3 Å².